The SMILES string of the molecule is Cc1nc(S(=O)(=O)N2CC(CBr)OC(C)(C)C2)cn1C. The number of aromatic nitrogens is 2. The summed E-state index contributed by atoms with van der Waals surface area (Å²) in [4.78, 5) is 4.14. The molecule has 1 aliphatic heterocycles. The van der Waals surface area contributed by atoms with Gasteiger partial charge in [-0.2, -0.15) is 4.31 Å². The zero-order valence-corrected chi connectivity index (χ0v) is 14.5. The van der Waals surface area contributed by atoms with E-state index in [1.165, 1.54) is 4.31 Å². The fourth-order valence-electron chi connectivity index (χ4n) is 2.29. The van der Waals surface area contributed by atoms with Crippen molar-refractivity contribution in [1.29, 1.82) is 0 Å². The average molecular weight is 366 g/mol. The molecule has 20 heavy (non-hydrogen) atoms. The lowest BCUT2D eigenvalue weighted by Crippen LogP contribution is -2.55. The van der Waals surface area contributed by atoms with Crippen LogP contribution >= 0.6 is 15.9 Å². The summed E-state index contributed by atoms with van der Waals surface area (Å²) in [6.45, 7) is 6.24. The van der Waals surface area contributed by atoms with E-state index in [-0.39, 0.29) is 11.1 Å². The van der Waals surface area contributed by atoms with E-state index in [0.717, 1.165) is 0 Å². The minimum Gasteiger partial charge on any atom is -0.369 e. The summed E-state index contributed by atoms with van der Waals surface area (Å²) in [5, 5.41) is 0.701. The first-order chi connectivity index (χ1) is 9.15. The Morgan fingerprint density at radius 1 is 1.55 bits per heavy atom. The van der Waals surface area contributed by atoms with Crippen LogP contribution in [0.15, 0.2) is 11.2 Å². The number of aryl methyl sites for hydroxylation is 2. The minimum atomic E-state index is -3.58. The smallest absolute Gasteiger partial charge is 0.262 e. The van der Waals surface area contributed by atoms with Gasteiger partial charge in [-0.3, -0.25) is 0 Å². The van der Waals surface area contributed by atoms with Gasteiger partial charge in [-0.15, -0.1) is 0 Å². The fourth-order valence-corrected chi connectivity index (χ4v) is 4.27. The molecule has 0 aromatic carbocycles. The number of hydrogen-bond acceptors (Lipinski definition) is 4. The molecular weight excluding hydrogens is 346 g/mol. The van der Waals surface area contributed by atoms with Gasteiger partial charge in [0.25, 0.3) is 10.0 Å². The quantitative estimate of drug-likeness (QED) is 0.757. The summed E-state index contributed by atoms with van der Waals surface area (Å²) in [5.74, 6) is 0.674. The number of sulfonamides is 1. The standard InChI is InChI=1S/C12H20BrN3O3S/c1-9-14-11(7-15(9)4)20(17,18)16-6-10(5-13)19-12(2,3)8-16/h7,10H,5-6,8H2,1-4H3. The highest BCUT2D eigenvalue weighted by Gasteiger charge is 2.39. The molecule has 6 nitrogen and oxygen atoms in total. The van der Waals surface area contributed by atoms with Gasteiger partial charge in [0.1, 0.15) is 5.82 Å². The second-order valence-corrected chi connectivity index (χ2v) is 8.22. The lowest BCUT2D eigenvalue weighted by Gasteiger charge is -2.41. The number of alkyl halides is 1. The third kappa shape index (κ3) is 3.08. The zero-order chi connectivity index (χ0) is 15.1. The number of halogens is 1. The van der Waals surface area contributed by atoms with Crippen LogP contribution in [0.5, 0.6) is 0 Å². The van der Waals surface area contributed by atoms with Gasteiger partial charge in [0.05, 0.1) is 11.7 Å². The van der Waals surface area contributed by atoms with E-state index < -0.39 is 15.6 Å². The van der Waals surface area contributed by atoms with Crippen molar-refractivity contribution >= 4 is 26.0 Å². The molecule has 1 unspecified atom stereocenters. The van der Waals surface area contributed by atoms with Crippen molar-refractivity contribution in [1.82, 2.24) is 13.9 Å². The molecule has 0 saturated carbocycles. The molecule has 0 spiro atoms. The van der Waals surface area contributed by atoms with E-state index in [0.29, 0.717) is 24.2 Å². The van der Waals surface area contributed by atoms with E-state index in [1.54, 1.807) is 24.7 Å². The van der Waals surface area contributed by atoms with Gasteiger partial charge >= 0.3 is 0 Å². The molecule has 0 N–H and O–H groups in total. The predicted molar refractivity (Wildman–Crippen MR) is 79.4 cm³/mol. The maximum Gasteiger partial charge on any atom is 0.262 e. The molecule has 2 rings (SSSR count). The van der Waals surface area contributed by atoms with Crippen molar-refractivity contribution in [2.24, 2.45) is 7.05 Å². The van der Waals surface area contributed by atoms with Gasteiger partial charge in [0, 0.05) is 31.7 Å². The van der Waals surface area contributed by atoms with Crippen molar-refractivity contribution in [3.05, 3.63) is 12.0 Å². The largest absolute Gasteiger partial charge is 0.369 e. The molecular formula is C12H20BrN3O3S. The Bertz CT molecular complexity index is 578. The maximum absolute atomic E-state index is 12.7. The molecule has 0 radical (unpaired) electrons. The van der Waals surface area contributed by atoms with Crippen molar-refractivity contribution < 1.29 is 13.2 Å². The number of hydrogen-bond donors (Lipinski definition) is 0. The van der Waals surface area contributed by atoms with Gasteiger partial charge in [-0.05, 0) is 20.8 Å². The van der Waals surface area contributed by atoms with Gasteiger partial charge in [-0.1, -0.05) is 15.9 Å². The summed E-state index contributed by atoms with van der Waals surface area (Å²) in [7, 11) is -1.79. The lowest BCUT2D eigenvalue weighted by atomic mass is 10.1. The van der Waals surface area contributed by atoms with Crippen molar-refractivity contribution in [3.63, 3.8) is 0 Å². The van der Waals surface area contributed by atoms with Crippen molar-refractivity contribution in [2.45, 2.75) is 37.5 Å². The van der Waals surface area contributed by atoms with E-state index in [1.807, 2.05) is 13.8 Å². The molecule has 1 fully saturated rings. The average Bonchev–Trinajstić information content (AvgIpc) is 2.68. The Morgan fingerprint density at radius 2 is 2.20 bits per heavy atom. The molecule has 114 valence electrons. The summed E-state index contributed by atoms with van der Waals surface area (Å²) >= 11 is 3.36. The summed E-state index contributed by atoms with van der Waals surface area (Å²) < 4.78 is 34.4. The predicted octanol–water partition coefficient (Wildman–Crippen LogP) is 1.29. The van der Waals surface area contributed by atoms with Crippen LogP contribution in [-0.4, -0.2) is 52.4 Å². The van der Waals surface area contributed by atoms with Crippen LogP contribution in [0.2, 0.25) is 0 Å². The first kappa shape index (κ1) is 15.9. The Balaban J connectivity index is 2.33. The van der Waals surface area contributed by atoms with Gasteiger partial charge < -0.3 is 9.30 Å². The van der Waals surface area contributed by atoms with Gasteiger partial charge in [0.15, 0.2) is 5.03 Å². The monoisotopic (exact) mass is 365 g/mol. The van der Waals surface area contributed by atoms with Crippen LogP contribution < -0.4 is 0 Å². The summed E-state index contributed by atoms with van der Waals surface area (Å²) in [5.41, 5.74) is -0.506. The van der Waals surface area contributed by atoms with E-state index >= 15 is 0 Å². The Labute approximate surface area is 128 Å². The van der Waals surface area contributed by atoms with Gasteiger partial charge in [-0.25, -0.2) is 13.4 Å². The first-order valence-electron chi connectivity index (χ1n) is 6.39. The molecule has 0 amide bonds. The summed E-state index contributed by atoms with van der Waals surface area (Å²) in [6.07, 6.45) is 1.40. The molecule has 1 atom stereocenters. The number of nitrogens with zero attached hydrogens (tertiary/aromatic N) is 3. The third-order valence-electron chi connectivity index (χ3n) is 3.31. The Morgan fingerprint density at radius 3 is 2.70 bits per heavy atom. The highest BCUT2D eigenvalue weighted by atomic mass is 79.9. The number of rotatable bonds is 3. The molecule has 0 bridgehead atoms. The van der Waals surface area contributed by atoms with Crippen LogP contribution in [0.1, 0.15) is 19.7 Å². The molecule has 1 aromatic heterocycles. The van der Waals surface area contributed by atoms with Crippen LogP contribution in [0.25, 0.3) is 0 Å². The molecule has 1 saturated heterocycles. The number of ether oxygens (including phenoxy) is 1. The molecule has 2 heterocycles. The van der Waals surface area contributed by atoms with Crippen LogP contribution in [0, 0.1) is 6.92 Å². The number of imidazole rings is 1. The fraction of sp³-hybridized carbons (Fsp3) is 0.750. The molecule has 8 heteroatoms. The number of morpholine rings is 1. The van der Waals surface area contributed by atoms with E-state index in [4.69, 9.17) is 4.74 Å². The Hall–Kier alpha value is -0.440. The van der Waals surface area contributed by atoms with E-state index in [9.17, 15) is 8.42 Å². The van der Waals surface area contributed by atoms with Crippen LogP contribution in [0.3, 0.4) is 0 Å². The second kappa shape index (κ2) is 5.40. The lowest BCUT2D eigenvalue weighted by molar-refractivity contribution is -0.107. The molecule has 1 aromatic rings. The summed E-state index contributed by atoms with van der Waals surface area (Å²) in [6, 6.07) is 0. The Kier molecular flexibility index (Phi) is 4.30. The normalized spacial score (nSPS) is 23.9. The maximum atomic E-state index is 12.7. The van der Waals surface area contributed by atoms with Crippen LogP contribution in [0.4, 0.5) is 0 Å². The first-order valence-corrected chi connectivity index (χ1v) is 8.96. The zero-order valence-electron chi connectivity index (χ0n) is 12.1. The van der Waals surface area contributed by atoms with Crippen LogP contribution in [-0.2, 0) is 21.8 Å². The second-order valence-electron chi connectivity index (χ2n) is 5.69. The highest BCUT2D eigenvalue weighted by Crippen LogP contribution is 2.26. The topological polar surface area (TPSA) is 64.4 Å². The van der Waals surface area contributed by atoms with E-state index in [2.05, 4.69) is 20.9 Å². The highest BCUT2D eigenvalue weighted by molar-refractivity contribution is 9.09. The minimum absolute atomic E-state index is 0.100. The molecule has 1 aliphatic rings. The van der Waals surface area contributed by atoms with Crippen molar-refractivity contribution in [2.75, 3.05) is 18.4 Å². The molecule has 0 aliphatic carbocycles. The third-order valence-corrected chi connectivity index (χ3v) is 5.72. The van der Waals surface area contributed by atoms with Crippen molar-refractivity contribution in [3.8, 4) is 0 Å². The van der Waals surface area contributed by atoms with Gasteiger partial charge in [0.2, 0.25) is 0 Å².